The Bertz CT molecular complexity index is 240. The summed E-state index contributed by atoms with van der Waals surface area (Å²) in [7, 11) is 0. The van der Waals surface area contributed by atoms with E-state index in [0.717, 1.165) is 29.9 Å². The molecule has 0 saturated carbocycles. The maximum atomic E-state index is 4.41. The van der Waals surface area contributed by atoms with Gasteiger partial charge in [0.25, 0.3) is 0 Å². The number of rotatable bonds is 3. The summed E-state index contributed by atoms with van der Waals surface area (Å²) in [5, 5.41) is 4.63. The number of hydrogen-bond donors (Lipinski definition) is 1. The highest BCUT2D eigenvalue weighted by Gasteiger charge is 2.24. The fourth-order valence-corrected chi connectivity index (χ4v) is 2.92. The lowest BCUT2D eigenvalue weighted by Crippen LogP contribution is -2.31. The molecule has 2 rings (SSSR count). The van der Waals surface area contributed by atoms with Gasteiger partial charge in [-0.05, 0) is 32.7 Å². The first-order valence-electron chi connectivity index (χ1n) is 5.91. The molecule has 1 fully saturated rings. The molecule has 2 aliphatic rings. The Labute approximate surface area is 96.7 Å². The second-order valence-electron chi connectivity index (χ2n) is 4.66. The van der Waals surface area contributed by atoms with E-state index >= 15 is 0 Å². The van der Waals surface area contributed by atoms with Crippen LogP contribution in [0, 0.1) is 5.92 Å². The summed E-state index contributed by atoms with van der Waals surface area (Å²) in [6, 6.07) is 0.702. The molecule has 0 aromatic heterocycles. The topological polar surface area (TPSA) is 27.6 Å². The van der Waals surface area contributed by atoms with Crippen LogP contribution in [0.4, 0.5) is 0 Å². The Morgan fingerprint density at radius 1 is 1.60 bits per heavy atom. The fraction of sp³-hybridized carbons (Fsp3) is 0.909. The third-order valence-corrected chi connectivity index (χ3v) is 4.11. The lowest BCUT2D eigenvalue weighted by Gasteiger charge is -2.20. The van der Waals surface area contributed by atoms with Crippen LogP contribution >= 0.6 is 11.8 Å². The number of hydrogen-bond acceptors (Lipinski definition) is 4. The van der Waals surface area contributed by atoms with Gasteiger partial charge in [0, 0.05) is 24.9 Å². The van der Waals surface area contributed by atoms with E-state index in [4.69, 9.17) is 0 Å². The molecule has 86 valence electrons. The molecular formula is C11H21N3S. The van der Waals surface area contributed by atoms with Crippen LogP contribution in [0.5, 0.6) is 0 Å². The molecule has 2 heterocycles. The summed E-state index contributed by atoms with van der Waals surface area (Å²) < 4.78 is 0. The highest BCUT2D eigenvalue weighted by Crippen LogP contribution is 2.18. The summed E-state index contributed by atoms with van der Waals surface area (Å²) >= 11 is 1.86. The van der Waals surface area contributed by atoms with E-state index in [0.29, 0.717) is 6.04 Å². The third-order valence-electron chi connectivity index (χ3n) is 3.18. The number of likely N-dealkylation sites (tertiary alicyclic amines) is 1. The van der Waals surface area contributed by atoms with E-state index in [1.165, 1.54) is 19.5 Å². The molecule has 0 aromatic rings. The van der Waals surface area contributed by atoms with E-state index in [2.05, 4.69) is 29.1 Å². The Balaban J connectivity index is 1.68. The predicted octanol–water partition coefficient (Wildman–Crippen LogP) is 1.41. The minimum absolute atomic E-state index is 0.702. The zero-order valence-corrected chi connectivity index (χ0v) is 10.5. The second-order valence-corrected chi connectivity index (χ2v) is 5.74. The van der Waals surface area contributed by atoms with Crippen molar-refractivity contribution in [3.05, 3.63) is 0 Å². The van der Waals surface area contributed by atoms with Gasteiger partial charge in [0.05, 0.1) is 6.54 Å². The van der Waals surface area contributed by atoms with Crippen molar-refractivity contribution in [3.63, 3.8) is 0 Å². The van der Waals surface area contributed by atoms with Gasteiger partial charge in [0.15, 0.2) is 5.17 Å². The summed E-state index contributed by atoms with van der Waals surface area (Å²) in [5.41, 5.74) is 0. The first kappa shape index (κ1) is 11.3. The molecule has 0 radical (unpaired) electrons. The van der Waals surface area contributed by atoms with E-state index in [-0.39, 0.29) is 0 Å². The van der Waals surface area contributed by atoms with Crippen molar-refractivity contribution in [2.75, 3.05) is 31.9 Å². The van der Waals surface area contributed by atoms with Gasteiger partial charge >= 0.3 is 0 Å². The molecule has 0 bridgehead atoms. The van der Waals surface area contributed by atoms with Gasteiger partial charge in [-0.3, -0.25) is 4.99 Å². The Kier molecular flexibility index (Phi) is 3.92. The van der Waals surface area contributed by atoms with Crippen molar-refractivity contribution in [1.29, 1.82) is 0 Å². The number of aliphatic imine (C=N–C) groups is 1. The molecule has 0 aliphatic carbocycles. The Morgan fingerprint density at radius 2 is 2.47 bits per heavy atom. The maximum Gasteiger partial charge on any atom is 0.156 e. The highest BCUT2D eigenvalue weighted by molar-refractivity contribution is 8.14. The van der Waals surface area contributed by atoms with Gasteiger partial charge in [0.2, 0.25) is 0 Å². The van der Waals surface area contributed by atoms with Gasteiger partial charge in [-0.2, -0.15) is 0 Å². The number of amidine groups is 1. The van der Waals surface area contributed by atoms with E-state index in [1.54, 1.807) is 0 Å². The van der Waals surface area contributed by atoms with Crippen molar-refractivity contribution >= 4 is 16.9 Å². The van der Waals surface area contributed by atoms with Crippen molar-refractivity contribution in [2.45, 2.75) is 26.3 Å². The average molecular weight is 227 g/mol. The van der Waals surface area contributed by atoms with E-state index in [1.807, 2.05) is 11.8 Å². The molecule has 1 N–H and O–H groups in total. The molecule has 15 heavy (non-hydrogen) atoms. The van der Waals surface area contributed by atoms with Crippen LogP contribution in [0.2, 0.25) is 0 Å². The molecule has 0 amide bonds. The van der Waals surface area contributed by atoms with Gasteiger partial charge in [-0.15, -0.1) is 0 Å². The van der Waals surface area contributed by atoms with Crippen LogP contribution in [0.1, 0.15) is 20.3 Å². The van der Waals surface area contributed by atoms with Gasteiger partial charge in [0.1, 0.15) is 0 Å². The van der Waals surface area contributed by atoms with Crippen molar-refractivity contribution in [1.82, 2.24) is 10.2 Å². The van der Waals surface area contributed by atoms with Crippen LogP contribution < -0.4 is 5.32 Å². The summed E-state index contributed by atoms with van der Waals surface area (Å²) in [6.45, 7) is 9.19. The van der Waals surface area contributed by atoms with Crippen LogP contribution in [0.3, 0.4) is 0 Å². The van der Waals surface area contributed by atoms with E-state index in [9.17, 15) is 0 Å². The van der Waals surface area contributed by atoms with Crippen LogP contribution in [-0.2, 0) is 0 Å². The van der Waals surface area contributed by atoms with E-state index < -0.39 is 0 Å². The molecule has 3 nitrogen and oxygen atoms in total. The molecule has 1 unspecified atom stereocenters. The molecule has 2 aliphatic heterocycles. The lowest BCUT2D eigenvalue weighted by atomic mass is 10.1. The number of thioether (sulfide) groups is 1. The Hall–Kier alpha value is -0.220. The third kappa shape index (κ3) is 3.11. The van der Waals surface area contributed by atoms with Gasteiger partial charge in [-0.1, -0.05) is 11.8 Å². The molecule has 1 saturated heterocycles. The summed E-state index contributed by atoms with van der Waals surface area (Å²) in [4.78, 5) is 6.97. The minimum Gasteiger partial charge on any atom is -0.365 e. The van der Waals surface area contributed by atoms with Crippen molar-refractivity contribution in [3.8, 4) is 0 Å². The molecule has 0 aromatic carbocycles. The van der Waals surface area contributed by atoms with Crippen LogP contribution in [-0.4, -0.2) is 48.0 Å². The fourth-order valence-electron chi connectivity index (χ4n) is 2.17. The largest absolute Gasteiger partial charge is 0.365 e. The van der Waals surface area contributed by atoms with Crippen LogP contribution in [0.15, 0.2) is 4.99 Å². The lowest BCUT2D eigenvalue weighted by molar-refractivity contribution is 0.265. The molecular weight excluding hydrogens is 206 g/mol. The SMILES string of the molecule is CC(C)N1CCC(CNC2=NCCS2)C1. The highest BCUT2D eigenvalue weighted by atomic mass is 32.2. The number of nitrogens with zero attached hydrogens (tertiary/aromatic N) is 2. The van der Waals surface area contributed by atoms with Crippen LogP contribution in [0.25, 0.3) is 0 Å². The normalized spacial score (nSPS) is 27.4. The minimum atomic E-state index is 0.702. The maximum absolute atomic E-state index is 4.41. The van der Waals surface area contributed by atoms with Crippen molar-refractivity contribution in [2.24, 2.45) is 10.9 Å². The quantitative estimate of drug-likeness (QED) is 0.790. The molecule has 0 spiro atoms. The smallest absolute Gasteiger partial charge is 0.156 e. The van der Waals surface area contributed by atoms with Gasteiger partial charge in [-0.25, -0.2) is 0 Å². The first-order chi connectivity index (χ1) is 7.25. The average Bonchev–Trinajstić information content (AvgIpc) is 2.86. The predicted molar refractivity (Wildman–Crippen MR) is 67.6 cm³/mol. The molecule has 1 atom stereocenters. The zero-order chi connectivity index (χ0) is 10.7. The summed E-state index contributed by atoms with van der Waals surface area (Å²) in [6.07, 6.45) is 1.34. The zero-order valence-electron chi connectivity index (χ0n) is 9.70. The van der Waals surface area contributed by atoms with Crippen molar-refractivity contribution < 1.29 is 0 Å². The van der Waals surface area contributed by atoms with Gasteiger partial charge < -0.3 is 10.2 Å². The second kappa shape index (κ2) is 5.21. The summed E-state index contributed by atoms with van der Waals surface area (Å²) in [5.74, 6) is 1.97. The number of nitrogens with one attached hydrogen (secondary N) is 1. The monoisotopic (exact) mass is 227 g/mol. The standard InChI is InChI=1S/C11H21N3S/c1-9(2)14-5-3-10(8-14)7-13-11-12-4-6-15-11/h9-10H,3-8H2,1-2H3,(H,12,13). The first-order valence-corrected chi connectivity index (χ1v) is 6.89. The Morgan fingerprint density at radius 3 is 3.07 bits per heavy atom. The molecule has 4 heteroatoms.